The number of rotatable bonds is 3. The van der Waals surface area contributed by atoms with E-state index < -0.39 is 0 Å². The number of benzene rings is 1. The Balaban J connectivity index is 1.87. The average molecular weight is 421 g/mol. The molecule has 2 amide bonds. The summed E-state index contributed by atoms with van der Waals surface area (Å²) in [4.78, 5) is 30.8. The minimum Gasteiger partial charge on any atom is -0.339 e. The van der Waals surface area contributed by atoms with E-state index in [1.807, 2.05) is 17.0 Å². The Morgan fingerprint density at radius 2 is 1.96 bits per heavy atom. The Labute approximate surface area is 148 Å². The van der Waals surface area contributed by atoms with Crippen LogP contribution >= 0.6 is 22.6 Å². The number of amides is 2. The third-order valence-corrected chi connectivity index (χ3v) is 4.45. The van der Waals surface area contributed by atoms with Crippen molar-refractivity contribution in [3.63, 3.8) is 0 Å². The maximum Gasteiger partial charge on any atom is 0.257 e. The minimum atomic E-state index is -0.269. The zero-order valence-electron chi connectivity index (χ0n) is 12.5. The van der Waals surface area contributed by atoms with Crippen molar-refractivity contribution in [2.75, 3.05) is 18.4 Å². The lowest BCUT2D eigenvalue weighted by atomic mass is 10.1. The van der Waals surface area contributed by atoms with E-state index in [-0.39, 0.29) is 11.8 Å². The quantitative estimate of drug-likeness (QED) is 0.775. The topological polar surface area (TPSA) is 62.3 Å². The maximum absolute atomic E-state index is 12.7. The summed E-state index contributed by atoms with van der Waals surface area (Å²) in [5, 5.41) is 2.83. The van der Waals surface area contributed by atoms with Crippen molar-refractivity contribution in [3.05, 3.63) is 57.4 Å². The van der Waals surface area contributed by atoms with Gasteiger partial charge in [-0.05, 0) is 65.8 Å². The molecule has 0 radical (unpaired) electrons. The van der Waals surface area contributed by atoms with Crippen LogP contribution in [0.5, 0.6) is 0 Å². The third-order valence-electron chi connectivity index (χ3n) is 3.78. The fourth-order valence-corrected chi connectivity index (χ4v) is 3.08. The summed E-state index contributed by atoms with van der Waals surface area (Å²) in [5.74, 6) is -0.294. The van der Waals surface area contributed by atoms with Crippen LogP contribution in [-0.4, -0.2) is 34.8 Å². The van der Waals surface area contributed by atoms with Crippen LogP contribution in [0.1, 0.15) is 33.6 Å². The second kappa shape index (κ2) is 7.08. The first-order valence-electron chi connectivity index (χ1n) is 7.45. The molecule has 1 aliphatic rings. The number of hydrogen-bond acceptors (Lipinski definition) is 3. The molecule has 1 aromatic carbocycles. The fourth-order valence-electron chi connectivity index (χ4n) is 2.58. The van der Waals surface area contributed by atoms with Crippen molar-refractivity contribution < 1.29 is 9.59 Å². The smallest absolute Gasteiger partial charge is 0.257 e. The molecule has 1 saturated heterocycles. The van der Waals surface area contributed by atoms with Crippen LogP contribution in [0.2, 0.25) is 0 Å². The van der Waals surface area contributed by atoms with Crippen LogP contribution in [0.15, 0.2) is 42.7 Å². The summed E-state index contributed by atoms with van der Waals surface area (Å²) < 4.78 is 0.963. The van der Waals surface area contributed by atoms with Gasteiger partial charge in [0.1, 0.15) is 0 Å². The summed E-state index contributed by atoms with van der Waals surface area (Å²) in [7, 11) is 0. The Morgan fingerprint density at radius 3 is 2.65 bits per heavy atom. The second-order valence-corrected chi connectivity index (χ2v) is 6.63. The number of nitrogens with zero attached hydrogens (tertiary/aromatic N) is 2. The van der Waals surface area contributed by atoms with E-state index >= 15 is 0 Å². The zero-order chi connectivity index (χ0) is 16.2. The van der Waals surface area contributed by atoms with Crippen LogP contribution < -0.4 is 5.32 Å². The lowest BCUT2D eigenvalue weighted by molar-refractivity contribution is 0.0794. The van der Waals surface area contributed by atoms with Gasteiger partial charge < -0.3 is 10.2 Å². The highest BCUT2D eigenvalue weighted by Gasteiger charge is 2.23. The number of likely N-dealkylation sites (tertiary alicyclic amines) is 1. The molecule has 1 aliphatic heterocycles. The minimum absolute atomic E-state index is 0.0255. The summed E-state index contributed by atoms with van der Waals surface area (Å²) in [6, 6.07) is 8.87. The first-order valence-corrected chi connectivity index (χ1v) is 8.53. The number of carbonyl (C=O) groups is 2. The number of halogens is 1. The molecule has 23 heavy (non-hydrogen) atoms. The van der Waals surface area contributed by atoms with Crippen molar-refractivity contribution in [2.24, 2.45) is 0 Å². The van der Waals surface area contributed by atoms with E-state index in [1.54, 1.807) is 24.4 Å². The predicted molar refractivity (Wildman–Crippen MR) is 96.5 cm³/mol. The lowest BCUT2D eigenvalue weighted by Crippen LogP contribution is -2.29. The molecule has 0 spiro atoms. The van der Waals surface area contributed by atoms with Gasteiger partial charge in [0.25, 0.3) is 11.8 Å². The van der Waals surface area contributed by atoms with Gasteiger partial charge in [-0.1, -0.05) is 0 Å². The van der Waals surface area contributed by atoms with E-state index in [1.165, 1.54) is 6.20 Å². The van der Waals surface area contributed by atoms with Crippen molar-refractivity contribution >= 4 is 40.1 Å². The molecule has 1 fully saturated rings. The molecule has 6 heteroatoms. The summed E-state index contributed by atoms with van der Waals surface area (Å²) in [6.07, 6.45) is 5.19. The molecule has 0 unspecified atom stereocenters. The highest BCUT2D eigenvalue weighted by atomic mass is 127. The van der Waals surface area contributed by atoms with Crippen molar-refractivity contribution in [1.29, 1.82) is 0 Å². The molecule has 0 atom stereocenters. The van der Waals surface area contributed by atoms with Crippen LogP contribution in [0.3, 0.4) is 0 Å². The van der Waals surface area contributed by atoms with Gasteiger partial charge in [0.15, 0.2) is 0 Å². The monoisotopic (exact) mass is 421 g/mol. The Kier molecular flexibility index (Phi) is 4.90. The molecular formula is C17H16IN3O2. The Morgan fingerprint density at radius 1 is 1.17 bits per heavy atom. The third kappa shape index (κ3) is 3.69. The molecule has 1 N–H and O–H groups in total. The maximum atomic E-state index is 12.7. The van der Waals surface area contributed by atoms with E-state index in [9.17, 15) is 9.59 Å². The lowest BCUT2D eigenvalue weighted by Gasteiger charge is -2.18. The highest BCUT2D eigenvalue weighted by molar-refractivity contribution is 14.1. The number of nitrogens with one attached hydrogen (secondary N) is 1. The summed E-state index contributed by atoms with van der Waals surface area (Å²) in [6.45, 7) is 1.56. The van der Waals surface area contributed by atoms with Gasteiger partial charge in [-0.25, -0.2) is 0 Å². The number of anilines is 1. The summed E-state index contributed by atoms with van der Waals surface area (Å²) in [5.41, 5.74) is 1.54. The first kappa shape index (κ1) is 15.9. The Hall–Kier alpha value is -1.96. The standard InChI is InChI=1S/C17H16IN3O2/c18-13-5-6-15(20-16(22)12-4-3-7-19-11-12)14(10-13)17(23)21-8-1-2-9-21/h3-7,10-11H,1-2,8-9H2,(H,20,22). The largest absolute Gasteiger partial charge is 0.339 e. The molecular weight excluding hydrogens is 405 g/mol. The van der Waals surface area contributed by atoms with Gasteiger partial charge in [-0.3, -0.25) is 14.6 Å². The molecule has 0 saturated carbocycles. The van der Waals surface area contributed by atoms with Crippen LogP contribution in [0, 0.1) is 3.57 Å². The fraction of sp³-hybridized carbons (Fsp3) is 0.235. The summed E-state index contributed by atoms with van der Waals surface area (Å²) >= 11 is 2.17. The molecule has 1 aromatic heterocycles. The predicted octanol–water partition coefficient (Wildman–Crippen LogP) is 3.17. The van der Waals surface area contributed by atoms with Crippen LogP contribution in [-0.2, 0) is 0 Å². The van der Waals surface area contributed by atoms with Gasteiger partial charge in [0.05, 0.1) is 16.8 Å². The van der Waals surface area contributed by atoms with E-state index in [0.29, 0.717) is 16.8 Å². The molecule has 0 aliphatic carbocycles. The SMILES string of the molecule is O=C(Nc1ccc(I)cc1C(=O)N1CCCC1)c1cccnc1. The molecule has 5 nitrogen and oxygen atoms in total. The molecule has 2 aromatic rings. The number of hydrogen-bond donors (Lipinski definition) is 1. The second-order valence-electron chi connectivity index (χ2n) is 5.39. The Bertz CT molecular complexity index is 728. The average Bonchev–Trinajstić information content (AvgIpc) is 3.11. The van der Waals surface area contributed by atoms with Crippen molar-refractivity contribution in [3.8, 4) is 0 Å². The van der Waals surface area contributed by atoms with Crippen molar-refractivity contribution in [1.82, 2.24) is 9.88 Å². The highest BCUT2D eigenvalue weighted by Crippen LogP contribution is 2.23. The number of pyridine rings is 1. The molecule has 0 bridgehead atoms. The molecule has 3 rings (SSSR count). The number of aromatic nitrogens is 1. The van der Waals surface area contributed by atoms with Gasteiger partial charge in [0, 0.05) is 29.1 Å². The normalized spacial score (nSPS) is 13.9. The van der Waals surface area contributed by atoms with E-state index in [2.05, 4.69) is 32.9 Å². The molecule has 2 heterocycles. The van der Waals surface area contributed by atoms with Gasteiger partial charge in [-0.15, -0.1) is 0 Å². The van der Waals surface area contributed by atoms with Crippen LogP contribution in [0.4, 0.5) is 5.69 Å². The van der Waals surface area contributed by atoms with E-state index in [0.717, 1.165) is 29.5 Å². The molecule has 118 valence electrons. The van der Waals surface area contributed by atoms with Gasteiger partial charge >= 0.3 is 0 Å². The first-order chi connectivity index (χ1) is 11.1. The van der Waals surface area contributed by atoms with Crippen LogP contribution in [0.25, 0.3) is 0 Å². The van der Waals surface area contributed by atoms with Crippen molar-refractivity contribution in [2.45, 2.75) is 12.8 Å². The number of carbonyl (C=O) groups excluding carboxylic acids is 2. The zero-order valence-corrected chi connectivity index (χ0v) is 14.6. The van der Waals surface area contributed by atoms with E-state index in [4.69, 9.17) is 0 Å². The van der Waals surface area contributed by atoms with Gasteiger partial charge in [0.2, 0.25) is 0 Å². The van der Waals surface area contributed by atoms with Gasteiger partial charge in [-0.2, -0.15) is 0 Å².